The van der Waals surface area contributed by atoms with E-state index in [1.165, 1.54) is 9.98 Å². The molecule has 3 heterocycles. The lowest BCUT2D eigenvalue weighted by atomic mass is 9.97. The molecular weight excluding hydrogens is 436 g/mol. The zero-order chi connectivity index (χ0) is 23.5. The van der Waals surface area contributed by atoms with E-state index in [0.29, 0.717) is 18.5 Å². The monoisotopic (exact) mass is 468 g/mol. The molecule has 176 valence electrons. The molecule has 2 N–H and O–H groups in total. The number of hydrogen-bond donors (Lipinski definition) is 2. The molecule has 0 saturated carbocycles. The normalized spacial score (nSPS) is 15.5. The molecule has 1 aliphatic rings. The maximum atomic E-state index is 13.8. The van der Waals surface area contributed by atoms with Crippen molar-refractivity contribution in [2.24, 2.45) is 0 Å². The molecular formula is C25H33ClN6O. The number of rotatable bonds is 7. The van der Waals surface area contributed by atoms with E-state index in [2.05, 4.69) is 52.8 Å². The molecule has 1 fully saturated rings. The number of amides is 1. The molecule has 2 aromatic heterocycles. The van der Waals surface area contributed by atoms with Gasteiger partial charge in [-0.25, -0.2) is 14.1 Å². The van der Waals surface area contributed by atoms with E-state index in [1.54, 1.807) is 12.4 Å². The van der Waals surface area contributed by atoms with Crippen LogP contribution in [-0.4, -0.2) is 44.2 Å². The highest BCUT2D eigenvalue weighted by Gasteiger charge is 2.29. The topological polar surface area (TPSA) is 75.1 Å². The van der Waals surface area contributed by atoms with Gasteiger partial charge in [-0.2, -0.15) is 5.10 Å². The van der Waals surface area contributed by atoms with Crippen LogP contribution in [0.15, 0.2) is 30.6 Å². The van der Waals surface area contributed by atoms with Crippen molar-refractivity contribution in [2.75, 3.05) is 18.4 Å². The van der Waals surface area contributed by atoms with Gasteiger partial charge < -0.3 is 10.6 Å². The highest BCUT2D eigenvalue weighted by molar-refractivity contribution is 6.25. The van der Waals surface area contributed by atoms with Crippen molar-refractivity contribution in [1.82, 2.24) is 24.5 Å². The first-order valence-corrected chi connectivity index (χ1v) is 12.2. The molecule has 1 unspecified atom stereocenters. The third kappa shape index (κ3) is 4.70. The van der Waals surface area contributed by atoms with Crippen molar-refractivity contribution in [3.63, 3.8) is 0 Å². The Morgan fingerprint density at radius 3 is 2.70 bits per heavy atom. The van der Waals surface area contributed by atoms with Gasteiger partial charge in [-0.3, -0.25) is 4.79 Å². The maximum absolute atomic E-state index is 13.8. The number of aryl methyl sites for hydroxylation is 3. The van der Waals surface area contributed by atoms with Crippen LogP contribution in [0.4, 0.5) is 5.69 Å². The largest absolute Gasteiger partial charge is 0.381 e. The van der Waals surface area contributed by atoms with Crippen LogP contribution in [0, 0.1) is 13.8 Å². The summed E-state index contributed by atoms with van der Waals surface area (Å²) in [4.78, 5) is 18.4. The fraction of sp³-hybridized carbons (Fsp3) is 0.480. The highest BCUT2D eigenvalue weighted by atomic mass is 35.5. The van der Waals surface area contributed by atoms with Crippen molar-refractivity contribution < 1.29 is 4.79 Å². The Labute approximate surface area is 200 Å². The fourth-order valence-electron chi connectivity index (χ4n) is 4.70. The van der Waals surface area contributed by atoms with Gasteiger partial charge in [0.15, 0.2) is 5.65 Å². The van der Waals surface area contributed by atoms with Crippen molar-refractivity contribution in [3.8, 4) is 0 Å². The number of nitrogens with one attached hydrogen (secondary N) is 2. The number of piperidine rings is 1. The lowest BCUT2D eigenvalue weighted by Gasteiger charge is -2.29. The van der Waals surface area contributed by atoms with Crippen LogP contribution in [0.1, 0.15) is 66.2 Å². The summed E-state index contributed by atoms with van der Waals surface area (Å²) in [6.45, 7) is 10.8. The minimum atomic E-state index is -0.251. The summed E-state index contributed by atoms with van der Waals surface area (Å²) in [6.07, 6.45) is 6.13. The van der Waals surface area contributed by atoms with E-state index in [4.69, 9.17) is 11.8 Å². The van der Waals surface area contributed by atoms with Crippen LogP contribution in [0.25, 0.3) is 11.0 Å². The van der Waals surface area contributed by atoms with E-state index in [0.717, 1.165) is 53.8 Å². The fourth-order valence-corrected chi connectivity index (χ4v) is 5.04. The first-order valence-electron chi connectivity index (χ1n) is 11.8. The number of halogens is 1. The molecule has 1 saturated heterocycles. The van der Waals surface area contributed by atoms with Gasteiger partial charge in [0.1, 0.15) is 0 Å². The average molecular weight is 469 g/mol. The van der Waals surface area contributed by atoms with E-state index in [-0.39, 0.29) is 18.0 Å². The number of nitrogens with zero attached hydrogens (tertiary/aromatic N) is 4. The second kappa shape index (κ2) is 10.1. The molecule has 0 spiro atoms. The minimum Gasteiger partial charge on any atom is -0.381 e. The SMILES string of the molecule is CCC(c1ccc(C)cc1C)N(Cl)C(=O)c1cnc2c(cnn2CC)c1NC1CCNCC1. The summed E-state index contributed by atoms with van der Waals surface area (Å²) in [7, 11) is 0. The lowest BCUT2D eigenvalue weighted by Crippen LogP contribution is -2.36. The molecule has 4 rings (SSSR count). The summed E-state index contributed by atoms with van der Waals surface area (Å²) in [5, 5.41) is 12.4. The number of benzene rings is 1. The summed E-state index contributed by atoms with van der Waals surface area (Å²) >= 11 is 6.77. The van der Waals surface area contributed by atoms with Crippen LogP contribution >= 0.6 is 11.8 Å². The van der Waals surface area contributed by atoms with Gasteiger partial charge in [0, 0.05) is 30.6 Å². The number of fused-ring (bicyclic) bond motifs is 1. The predicted molar refractivity (Wildman–Crippen MR) is 134 cm³/mol. The van der Waals surface area contributed by atoms with E-state index >= 15 is 0 Å². The Bertz CT molecular complexity index is 1140. The zero-order valence-electron chi connectivity index (χ0n) is 19.9. The third-order valence-corrected chi connectivity index (χ3v) is 6.91. The number of anilines is 1. The number of pyridine rings is 1. The number of hydrogen-bond acceptors (Lipinski definition) is 5. The molecule has 1 aliphatic heterocycles. The first-order chi connectivity index (χ1) is 15.9. The van der Waals surface area contributed by atoms with Crippen LogP contribution in [-0.2, 0) is 6.54 Å². The summed E-state index contributed by atoms with van der Waals surface area (Å²) in [6, 6.07) is 6.31. The quantitative estimate of drug-likeness (QED) is 0.478. The zero-order valence-corrected chi connectivity index (χ0v) is 20.6. The van der Waals surface area contributed by atoms with Crippen LogP contribution in [0.3, 0.4) is 0 Å². The van der Waals surface area contributed by atoms with Crippen molar-refractivity contribution in [2.45, 2.75) is 65.6 Å². The van der Waals surface area contributed by atoms with Crippen LogP contribution in [0.5, 0.6) is 0 Å². The van der Waals surface area contributed by atoms with Crippen molar-refractivity contribution in [1.29, 1.82) is 0 Å². The smallest absolute Gasteiger partial charge is 0.272 e. The van der Waals surface area contributed by atoms with Gasteiger partial charge in [-0.05, 0) is 64.3 Å². The Morgan fingerprint density at radius 1 is 1.27 bits per heavy atom. The van der Waals surface area contributed by atoms with Gasteiger partial charge in [0.05, 0.1) is 28.9 Å². The Hall–Kier alpha value is -2.64. The van der Waals surface area contributed by atoms with Gasteiger partial charge in [-0.15, -0.1) is 0 Å². The van der Waals surface area contributed by atoms with Gasteiger partial charge >= 0.3 is 0 Å². The molecule has 0 aliphatic carbocycles. The number of carbonyl (C=O) groups excluding carboxylic acids is 1. The van der Waals surface area contributed by atoms with E-state index in [9.17, 15) is 4.79 Å². The highest BCUT2D eigenvalue weighted by Crippen LogP contribution is 2.34. The van der Waals surface area contributed by atoms with Crippen molar-refractivity contribution in [3.05, 3.63) is 52.8 Å². The molecule has 0 bridgehead atoms. The second-order valence-electron chi connectivity index (χ2n) is 8.81. The van der Waals surface area contributed by atoms with Crippen molar-refractivity contribution >= 4 is 34.4 Å². The molecule has 1 aromatic carbocycles. The van der Waals surface area contributed by atoms with Crippen LogP contribution in [0.2, 0.25) is 0 Å². The van der Waals surface area contributed by atoms with Gasteiger partial charge in [0.25, 0.3) is 5.91 Å². The average Bonchev–Trinajstić information content (AvgIpc) is 3.25. The van der Waals surface area contributed by atoms with E-state index < -0.39 is 0 Å². The number of carbonyl (C=O) groups is 1. The Kier molecular flexibility index (Phi) is 7.20. The second-order valence-corrected chi connectivity index (χ2v) is 9.18. The molecule has 1 amide bonds. The molecule has 7 nitrogen and oxygen atoms in total. The predicted octanol–water partition coefficient (Wildman–Crippen LogP) is 4.98. The molecule has 1 atom stereocenters. The molecule has 33 heavy (non-hydrogen) atoms. The first kappa shape index (κ1) is 23.5. The standard InChI is InChI=1S/C25H33ClN6O/c1-5-22(19-8-7-16(3)13-17(19)4)32(26)25(33)21-14-28-24-20(15-29-31(24)6-2)23(21)30-18-9-11-27-12-10-18/h7-8,13-15,18,22,27H,5-6,9-12H2,1-4H3,(H,28,30). The molecule has 3 aromatic rings. The van der Waals surface area contributed by atoms with Gasteiger partial charge in [-0.1, -0.05) is 30.7 Å². The Morgan fingerprint density at radius 2 is 2.03 bits per heavy atom. The summed E-state index contributed by atoms with van der Waals surface area (Å²) in [5.74, 6) is -0.251. The van der Waals surface area contributed by atoms with Crippen LogP contribution < -0.4 is 10.6 Å². The van der Waals surface area contributed by atoms with E-state index in [1.807, 2.05) is 18.5 Å². The Balaban J connectivity index is 1.73. The minimum absolute atomic E-state index is 0.236. The lowest BCUT2D eigenvalue weighted by molar-refractivity contribution is 0.0820. The van der Waals surface area contributed by atoms with Gasteiger partial charge in [0.2, 0.25) is 0 Å². The molecule has 0 radical (unpaired) electrons. The number of aromatic nitrogens is 3. The third-order valence-electron chi connectivity index (χ3n) is 6.52. The summed E-state index contributed by atoms with van der Waals surface area (Å²) < 4.78 is 3.19. The molecule has 8 heteroatoms. The maximum Gasteiger partial charge on any atom is 0.272 e. The summed E-state index contributed by atoms with van der Waals surface area (Å²) in [5.41, 5.74) is 5.41.